The molecule has 1 N–H and O–H groups in total. The molecule has 1 amide bonds. The summed E-state index contributed by atoms with van der Waals surface area (Å²) in [4.78, 5) is 15.2. The number of aromatic amines is 1. The smallest absolute Gasteiger partial charge is 0.271 e. The zero-order chi connectivity index (χ0) is 24.9. The number of aromatic nitrogens is 2. The Morgan fingerprint density at radius 3 is 2.64 bits per heavy atom. The fraction of sp³-hybridized carbons (Fsp3) is 0.448. The van der Waals surface area contributed by atoms with E-state index in [9.17, 15) is 4.79 Å². The van der Waals surface area contributed by atoms with Crippen molar-refractivity contribution < 1.29 is 19.0 Å². The second-order valence-corrected chi connectivity index (χ2v) is 11.0. The van der Waals surface area contributed by atoms with Gasteiger partial charge < -0.3 is 19.1 Å². The van der Waals surface area contributed by atoms with E-state index in [1.54, 1.807) is 7.11 Å². The minimum absolute atomic E-state index is 0.00876. The van der Waals surface area contributed by atoms with Gasteiger partial charge in [0.15, 0.2) is 0 Å². The van der Waals surface area contributed by atoms with E-state index in [4.69, 9.17) is 14.2 Å². The summed E-state index contributed by atoms with van der Waals surface area (Å²) in [7, 11) is 1.68. The molecule has 1 aromatic heterocycles. The number of nitrogens with zero attached hydrogens (tertiary/aromatic N) is 2. The highest BCUT2D eigenvalue weighted by molar-refractivity contribution is 5.93. The Bertz CT molecular complexity index is 1260. The number of piperidine rings is 1. The molecular weight excluding hydrogens is 454 g/mol. The first kappa shape index (κ1) is 23.1. The average Bonchev–Trinajstić information content (AvgIpc) is 3.40. The number of likely N-dealkylation sites (tertiary alicyclic amines) is 1. The fourth-order valence-electron chi connectivity index (χ4n) is 6.15. The second kappa shape index (κ2) is 8.66. The van der Waals surface area contributed by atoms with E-state index in [-0.39, 0.29) is 28.9 Å². The van der Waals surface area contributed by atoms with Crippen molar-refractivity contribution in [2.24, 2.45) is 11.3 Å². The lowest BCUT2D eigenvalue weighted by molar-refractivity contribution is -0.173. The van der Waals surface area contributed by atoms with Gasteiger partial charge >= 0.3 is 0 Å². The van der Waals surface area contributed by atoms with Crippen LogP contribution in [0.1, 0.15) is 55.3 Å². The highest BCUT2D eigenvalue weighted by Crippen LogP contribution is 2.56. The Balaban J connectivity index is 1.15. The standard InChI is InChI=1S/C29H33N3O4/c1-28(2)22-17-29(18-35-26(22)21-15-20(34-3)9-10-25(21)36-28)11-13-32(14-12-29)27(33)24-16-23(30-31-24)19-7-5-4-6-8-19/h4-10,15-16,22,26H,11-14,17-18H2,1-3H3,(H,30,31)/t22-,26+/m0/s1. The third kappa shape index (κ3) is 3.95. The quantitative estimate of drug-likeness (QED) is 0.546. The number of benzene rings is 2. The van der Waals surface area contributed by atoms with Gasteiger partial charge in [-0.2, -0.15) is 5.10 Å². The summed E-state index contributed by atoms with van der Waals surface area (Å²) in [5.41, 5.74) is 3.12. The number of methoxy groups -OCH3 is 1. The number of hydrogen-bond donors (Lipinski definition) is 1. The van der Waals surface area contributed by atoms with Crippen molar-refractivity contribution in [1.29, 1.82) is 0 Å². The van der Waals surface area contributed by atoms with Crippen LogP contribution in [-0.2, 0) is 4.74 Å². The fourth-order valence-corrected chi connectivity index (χ4v) is 6.15. The summed E-state index contributed by atoms with van der Waals surface area (Å²) in [5, 5.41) is 7.31. The van der Waals surface area contributed by atoms with Crippen molar-refractivity contribution in [3.8, 4) is 22.8 Å². The third-order valence-electron chi connectivity index (χ3n) is 8.37. The summed E-state index contributed by atoms with van der Waals surface area (Å²) < 4.78 is 18.5. The lowest BCUT2D eigenvalue weighted by atomic mass is 9.64. The molecule has 2 aromatic carbocycles. The van der Waals surface area contributed by atoms with Gasteiger partial charge in [-0.25, -0.2) is 0 Å². The Labute approximate surface area is 211 Å². The number of carbonyl (C=O) groups is 1. The van der Waals surface area contributed by atoms with Crippen molar-refractivity contribution in [3.63, 3.8) is 0 Å². The largest absolute Gasteiger partial charge is 0.497 e. The van der Waals surface area contributed by atoms with Gasteiger partial charge in [-0.15, -0.1) is 0 Å². The monoisotopic (exact) mass is 487 g/mol. The number of hydrogen-bond acceptors (Lipinski definition) is 5. The highest BCUT2D eigenvalue weighted by Gasteiger charge is 2.53. The first-order chi connectivity index (χ1) is 17.4. The van der Waals surface area contributed by atoms with Gasteiger partial charge in [-0.3, -0.25) is 9.89 Å². The molecule has 0 unspecified atom stereocenters. The molecule has 2 fully saturated rings. The van der Waals surface area contributed by atoms with Crippen molar-refractivity contribution >= 4 is 5.91 Å². The number of nitrogens with one attached hydrogen (secondary N) is 1. The Kier molecular flexibility index (Phi) is 5.56. The van der Waals surface area contributed by atoms with Crippen LogP contribution in [0.15, 0.2) is 54.6 Å². The molecule has 0 aliphatic carbocycles. The molecule has 3 aliphatic heterocycles. The maximum absolute atomic E-state index is 13.2. The molecule has 2 atom stereocenters. The molecule has 7 nitrogen and oxygen atoms in total. The van der Waals surface area contributed by atoms with Crippen LogP contribution in [0.3, 0.4) is 0 Å². The van der Waals surface area contributed by atoms with E-state index < -0.39 is 0 Å². The van der Waals surface area contributed by atoms with Crippen LogP contribution in [0.4, 0.5) is 0 Å². The summed E-state index contributed by atoms with van der Waals surface area (Å²) in [5.74, 6) is 1.94. The maximum atomic E-state index is 13.2. The molecule has 36 heavy (non-hydrogen) atoms. The van der Waals surface area contributed by atoms with Gasteiger partial charge in [0.1, 0.15) is 22.8 Å². The van der Waals surface area contributed by atoms with Crippen LogP contribution in [0.25, 0.3) is 11.3 Å². The van der Waals surface area contributed by atoms with E-state index in [0.717, 1.165) is 47.6 Å². The molecule has 2 saturated heterocycles. The van der Waals surface area contributed by atoms with Crippen molar-refractivity contribution in [2.75, 3.05) is 26.8 Å². The lowest BCUT2D eigenvalue weighted by Crippen LogP contribution is -2.54. The van der Waals surface area contributed by atoms with Crippen LogP contribution >= 0.6 is 0 Å². The molecular formula is C29H33N3O4. The average molecular weight is 488 g/mol. The van der Waals surface area contributed by atoms with E-state index >= 15 is 0 Å². The van der Waals surface area contributed by atoms with E-state index in [1.165, 1.54) is 0 Å². The SMILES string of the molecule is COc1ccc2c(c1)[C@H]1OCC3(CCN(C(=O)c4cc(-c5ccccc5)n[nH]4)CC3)C[C@@H]1C(C)(C)O2. The van der Waals surface area contributed by atoms with Gasteiger partial charge in [-0.1, -0.05) is 30.3 Å². The number of rotatable bonds is 3. The Morgan fingerprint density at radius 2 is 1.89 bits per heavy atom. The molecule has 6 rings (SSSR count). The lowest BCUT2D eigenvalue weighted by Gasteiger charge is -2.54. The third-order valence-corrected chi connectivity index (χ3v) is 8.37. The first-order valence-electron chi connectivity index (χ1n) is 12.8. The van der Waals surface area contributed by atoms with Gasteiger partial charge in [0, 0.05) is 30.1 Å². The van der Waals surface area contributed by atoms with Gasteiger partial charge in [-0.05, 0) is 62.8 Å². The summed E-state index contributed by atoms with van der Waals surface area (Å²) >= 11 is 0. The number of fused-ring (bicyclic) bond motifs is 3. The van der Waals surface area contributed by atoms with Crippen LogP contribution in [0.2, 0.25) is 0 Å². The number of carbonyl (C=O) groups excluding carboxylic acids is 1. The predicted molar refractivity (Wildman–Crippen MR) is 136 cm³/mol. The topological polar surface area (TPSA) is 76.7 Å². The maximum Gasteiger partial charge on any atom is 0.271 e. The molecule has 1 spiro atoms. The number of ether oxygens (including phenoxy) is 3. The van der Waals surface area contributed by atoms with Crippen molar-refractivity contribution in [3.05, 3.63) is 65.9 Å². The molecule has 7 heteroatoms. The van der Waals surface area contributed by atoms with Gasteiger partial charge in [0.25, 0.3) is 5.91 Å². The molecule has 0 radical (unpaired) electrons. The van der Waals surface area contributed by atoms with Crippen LogP contribution < -0.4 is 9.47 Å². The van der Waals surface area contributed by atoms with Crippen LogP contribution in [0.5, 0.6) is 11.5 Å². The van der Waals surface area contributed by atoms with Gasteiger partial charge in [0.2, 0.25) is 0 Å². The highest BCUT2D eigenvalue weighted by atomic mass is 16.5. The summed E-state index contributed by atoms with van der Waals surface area (Å²) in [6, 6.07) is 17.7. The van der Waals surface area contributed by atoms with E-state index in [0.29, 0.717) is 25.4 Å². The molecule has 4 heterocycles. The van der Waals surface area contributed by atoms with Crippen LogP contribution in [-0.4, -0.2) is 53.4 Å². The second-order valence-electron chi connectivity index (χ2n) is 11.0. The minimum Gasteiger partial charge on any atom is -0.497 e. The number of amides is 1. The van der Waals surface area contributed by atoms with Crippen molar-refractivity contribution in [1.82, 2.24) is 15.1 Å². The molecule has 0 saturated carbocycles. The predicted octanol–water partition coefficient (Wildman–Crippen LogP) is 5.26. The number of H-pyrrole nitrogens is 1. The molecule has 3 aromatic rings. The Hall–Kier alpha value is -3.32. The zero-order valence-corrected chi connectivity index (χ0v) is 21.1. The normalized spacial score (nSPS) is 23.9. The van der Waals surface area contributed by atoms with E-state index in [1.807, 2.05) is 53.4 Å². The van der Waals surface area contributed by atoms with Gasteiger partial charge in [0.05, 0.1) is 25.5 Å². The minimum atomic E-state index is -0.337. The first-order valence-corrected chi connectivity index (χ1v) is 12.8. The molecule has 188 valence electrons. The zero-order valence-electron chi connectivity index (χ0n) is 21.1. The van der Waals surface area contributed by atoms with E-state index in [2.05, 4.69) is 30.1 Å². The molecule has 0 bridgehead atoms. The van der Waals surface area contributed by atoms with Crippen molar-refractivity contribution in [2.45, 2.75) is 44.8 Å². The summed E-state index contributed by atoms with van der Waals surface area (Å²) in [6.07, 6.45) is 2.85. The molecule has 3 aliphatic rings. The Morgan fingerprint density at radius 1 is 1.11 bits per heavy atom. The van der Waals surface area contributed by atoms with Crippen LogP contribution in [0, 0.1) is 11.3 Å². The summed E-state index contributed by atoms with van der Waals surface area (Å²) in [6.45, 7) is 6.46.